The van der Waals surface area contributed by atoms with Gasteiger partial charge in [-0.25, -0.2) is 0 Å². The average molecular weight is 412 g/mol. The van der Waals surface area contributed by atoms with E-state index in [0.717, 1.165) is 9.80 Å². The van der Waals surface area contributed by atoms with Crippen LogP contribution in [0.1, 0.15) is 47.4 Å². The fourth-order valence-electron chi connectivity index (χ4n) is 2.48. The van der Waals surface area contributed by atoms with E-state index in [9.17, 15) is 35.9 Å². The molecule has 158 valence electrons. The first kappa shape index (κ1) is 23.8. The third-order valence-electron chi connectivity index (χ3n) is 4.02. The zero-order valence-electron chi connectivity index (χ0n) is 15.5. The standard InChI is InChI=1S/C18H22F6N2O2/c1-3-25(10-8-17(19,20)21)15(27)13-6-5-7-14(12-13)16(28)26(4-2)11-9-18(22,23)24/h5-7,12H,3-4,8-11H2,1-2H3. The van der Waals surface area contributed by atoms with Gasteiger partial charge in [0.1, 0.15) is 0 Å². The second-order valence-corrected chi connectivity index (χ2v) is 6.08. The fraction of sp³-hybridized carbons (Fsp3) is 0.556. The smallest absolute Gasteiger partial charge is 0.339 e. The van der Waals surface area contributed by atoms with Crippen molar-refractivity contribution in [2.45, 2.75) is 39.0 Å². The van der Waals surface area contributed by atoms with Crippen LogP contribution in [0.3, 0.4) is 0 Å². The van der Waals surface area contributed by atoms with Gasteiger partial charge in [-0.1, -0.05) is 6.07 Å². The predicted octanol–water partition coefficient (Wildman–Crippen LogP) is 4.52. The van der Waals surface area contributed by atoms with E-state index in [0.29, 0.717) is 0 Å². The lowest BCUT2D eigenvalue weighted by Crippen LogP contribution is -2.35. The number of benzene rings is 1. The van der Waals surface area contributed by atoms with Crippen LogP contribution in [0, 0.1) is 0 Å². The molecule has 0 aromatic heterocycles. The zero-order chi connectivity index (χ0) is 21.5. The van der Waals surface area contributed by atoms with Crippen LogP contribution in [-0.2, 0) is 0 Å². The number of carbonyl (C=O) groups excluding carboxylic acids is 2. The predicted molar refractivity (Wildman–Crippen MR) is 90.9 cm³/mol. The lowest BCUT2D eigenvalue weighted by molar-refractivity contribution is -0.137. The summed E-state index contributed by atoms with van der Waals surface area (Å²) in [4.78, 5) is 26.9. The van der Waals surface area contributed by atoms with Crippen molar-refractivity contribution >= 4 is 11.8 Å². The SMILES string of the molecule is CCN(CCC(F)(F)F)C(=O)c1cccc(C(=O)N(CC)CCC(F)(F)F)c1. The lowest BCUT2D eigenvalue weighted by atomic mass is 10.1. The maximum Gasteiger partial charge on any atom is 0.390 e. The second kappa shape index (κ2) is 9.79. The van der Waals surface area contributed by atoms with E-state index < -0.39 is 50.1 Å². The molecule has 10 heteroatoms. The molecule has 1 aromatic carbocycles. The minimum atomic E-state index is -4.41. The summed E-state index contributed by atoms with van der Waals surface area (Å²) in [5, 5.41) is 0. The fourth-order valence-corrected chi connectivity index (χ4v) is 2.48. The summed E-state index contributed by atoms with van der Waals surface area (Å²) >= 11 is 0. The van der Waals surface area contributed by atoms with Gasteiger partial charge in [0, 0.05) is 37.3 Å². The third-order valence-corrected chi connectivity index (χ3v) is 4.02. The van der Waals surface area contributed by atoms with Crippen LogP contribution in [0.25, 0.3) is 0 Å². The molecular formula is C18H22F6N2O2. The first-order valence-corrected chi connectivity index (χ1v) is 8.70. The molecule has 1 aromatic rings. The van der Waals surface area contributed by atoms with Crippen LogP contribution >= 0.6 is 0 Å². The lowest BCUT2D eigenvalue weighted by Gasteiger charge is -2.23. The van der Waals surface area contributed by atoms with Crippen LogP contribution in [0.2, 0.25) is 0 Å². The Balaban J connectivity index is 2.94. The molecule has 0 aliphatic heterocycles. The van der Waals surface area contributed by atoms with Crippen molar-refractivity contribution in [3.8, 4) is 0 Å². The summed E-state index contributed by atoms with van der Waals surface area (Å²) in [6.45, 7) is 2.09. The summed E-state index contributed by atoms with van der Waals surface area (Å²) in [6, 6.07) is 5.26. The van der Waals surface area contributed by atoms with Crippen molar-refractivity contribution in [2.24, 2.45) is 0 Å². The van der Waals surface area contributed by atoms with Gasteiger partial charge in [-0.05, 0) is 32.0 Å². The van der Waals surface area contributed by atoms with Crippen molar-refractivity contribution in [3.05, 3.63) is 35.4 Å². The molecule has 0 N–H and O–H groups in total. The molecule has 28 heavy (non-hydrogen) atoms. The maximum absolute atomic E-state index is 12.4. The van der Waals surface area contributed by atoms with Gasteiger partial charge in [0.2, 0.25) is 0 Å². The number of carbonyl (C=O) groups is 2. The molecule has 0 fully saturated rings. The molecule has 0 bridgehead atoms. The van der Waals surface area contributed by atoms with Gasteiger partial charge in [0.05, 0.1) is 12.8 Å². The van der Waals surface area contributed by atoms with Gasteiger partial charge in [0.25, 0.3) is 11.8 Å². The van der Waals surface area contributed by atoms with Crippen molar-refractivity contribution < 1.29 is 35.9 Å². The molecule has 0 saturated heterocycles. The van der Waals surface area contributed by atoms with E-state index in [2.05, 4.69) is 0 Å². The summed E-state index contributed by atoms with van der Waals surface area (Å²) < 4.78 is 74.4. The number of alkyl halides is 6. The molecule has 0 aliphatic rings. The summed E-state index contributed by atoms with van der Waals surface area (Å²) in [5.74, 6) is -1.36. The Morgan fingerprint density at radius 2 is 1.14 bits per heavy atom. The van der Waals surface area contributed by atoms with Crippen LogP contribution in [0.5, 0.6) is 0 Å². The molecule has 0 heterocycles. The van der Waals surface area contributed by atoms with Gasteiger partial charge in [-0.2, -0.15) is 26.3 Å². The molecule has 0 aliphatic carbocycles. The second-order valence-electron chi connectivity index (χ2n) is 6.08. The molecule has 2 amide bonds. The summed E-state index contributed by atoms with van der Waals surface area (Å²) in [7, 11) is 0. The van der Waals surface area contributed by atoms with Crippen LogP contribution in [-0.4, -0.2) is 60.1 Å². The van der Waals surface area contributed by atoms with Gasteiger partial charge in [-0.3, -0.25) is 9.59 Å². The summed E-state index contributed by atoms with van der Waals surface area (Å²) in [6.07, 6.45) is -11.1. The van der Waals surface area contributed by atoms with Crippen LogP contribution in [0.4, 0.5) is 26.3 Å². The molecule has 4 nitrogen and oxygen atoms in total. The Bertz CT molecular complexity index is 620. The Labute approximate surface area is 159 Å². The Morgan fingerprint density at radius 1 is 0.786 bits per heavy atom. The highest BCUT2D eigenvalue weighted by Gasteiger charge is 2.30. The molecular weight excluding hydrogens is 390 g/mol. The topological polar surface area (TPSA) is 40.6 Å². The van der Waals surface area contributed by atoms with Crippen LogP contribution in [0.15, 0.2) is 24.3 Å². The quantitative estimate of drug-likeness (QED) is 0.590. The van der Waals surface area contributed by atoms with Gasteiger partial charge >= 0.3 is 12.4 Å². The molecule has 0 radical (unpaired) electrons. The van der Waals surface area contributed by atoms with Gasteiger partial charge in [-0.15, -0.1) is 0 Å². The number of hydrogen-bond acceptors (Lipinski definition) is 2. The average Bonchev–Trinajstić information content (AvgIpc) is 2.60. The van der Waals surface area contributed by atoms with Crippen LogP contribution < -0.4 is 0 Å². The number of halogens is 6. The van der Waals surface area contributed by atoms with Gasteiger partial charge < -0.3 is 9.80 Å². The maximum atomic E-state index is 12.4. The highest BCUT2D eigenvalue weighted by Crippen LogP contribution is 2.22. The van der Waals surface area contributed by atoms with Crippen molar-refractivity contribution in [2.75, 3.05) is 26.2 Å². The first-order valence-electron chi connectivity index (χ1n) is 8.70. The number of rotatable bonds is 8. The molecule has 0 unspecified atom stereocenters. The largest absolute Gasteiger partial charge is 0.390 e. The number of nitrogens with zero attached hydrogens (tertiary/aromatic N) is 2. The van der Waals surface area contributed by atoms with E-state index >= 15 is 0 Å². The monoisotopic (exact) mass is 412 g/mol. The Morgan fingerprint density at radius 3 is 1.43 bits per heavy atom. The van der Waals surface area contributed by atoms with E-state index in [4.69, 9.17) is 0 Å². The van der Waals surface area contributed by atoms with Crippen molar-refractivity contribution in [1.82, 2.24) is 9.80 Å². The zero-order valence-corrected chi connectivity index (χ0v) is 15.5. The summed E-state index contributed by atoms with van der Waals surface area (Å²) in [5.41, 5.74) is 0.00324. The first-order chi connectivity index (χ1) is 12.9. The minimum Gasteiger partial charge on any atom is -0.339 e. The third kappa shape index (κ3) is 7.77. The molecule has 0 saturated carbocycles. The van der Waals surface area contributed by atoms with E-state index in [1.54, 1.807) is 0 Å². The van der Waals surface area contributed by atoms with Crippen molar-refractivity contribution in [3.63, 3.8) is 0 Å². The van der Waals surface area contributed by atoms with E-state index in [1.807, 2.05) is 0 Å². The van der Waals surface area contributed by atoms with Gasteiger partial charge in [0.15, 0.2) is 0 Å². The van der Waals surface area contributed by atoms with E-state index in [-0.39, 0.29) is 24.2 Å². The number of amides is 2. The highest BCUT2D eigenvalue weighted by molar-refractivity contribution is 5.99. The minimum absolute atomic E-state index is 0.00162. The molecule has 0 atom stereocenters. The van der Waals surface area contributed by atoms with Crippen molar-refractivity contribution in [1.29, 1.82) is 0 Å². The Kier molecular flexibility index (Phi) is 8.31. The Hall–Kier alpha value is -2.26. The molecule has 0 spiro atoms. The normalized spacial score (nSPS) is 12.0. The highest BCUT2D eigenvalue weighted by atomic mass is 19.4. The van der Waals surface area contributed by atoms with E-state index in [1.165, 1.54) is 38.1 Å². The molecule has 1 rings (SSSR count). The number of hydrogen-bond donors (Lipinski definition) is 0.